The van der Waals surface area contributed by atoms with Gasteiger partial charge in [0.15, 0.2) is 5.78 Å². The molecule has 0 spiro atoms. The van der Waals surface area contributed by atoms with E-state index in [1.54, 1.807) is 45.0 Å². The predicted molar refractivity (Wildman–Crippen MR) is 77.0 cm³/mol. The van der Waals surface area contributed by atoms with Gasteiger partial charge >= 0.3 is 0 Å². The fraction of sp³-hybridized carbons (Fsp3) is 0.385. The highest BCUT2D eigenvalue weighted by Crippen LogP contribution is 2.34. The number of halogens is 2. The van der Waals surface area contributed by atoms with Gasteiger partial charge in [-0.1, -0.05) is 50.6 Å². The number of amides is 1. The third kappa shape index (κ3) is 3.56. The van der Waals surface area contributed by atoms with Crippen LogP contribution in [0.15, 0.2) is 30.3 Å². The molecule has 1 rings (SSSR count). The molecule has 0 aliphatic rings. The molecule has 3 nitrogen and oxygen atoms in total. The van der Waals surface area contributed by atoms with Gasteiger partial charge in [0.05, 0.1) is 0 Å². The van der Waals surface area contributed by atoms with Crippen molar-refractivity contribution in [2.24, 2.45) is 5.41 Å². The van der Waals surface area contributed by atoms with Crippen LogP contribution in [0.1, 0.15) is 20.8 Å². The number of hydrogen-bond donors (Lipinski definition) is 1. The van der Waals surface area contributed by atoms with Crippen LogP contribution in [0.4, 0.5) is 5.69 Å². The van der Waals surface area contributed by atoms with Gasteiger partial charge < -0.3 is 5.32 Å². The van der Waals surface area contributed by atoms with Crippen molar-refractivity contribution in [3.8, 4) is 0 Å². The number of carbonyl (C=O) groups excluding carboxylic acids is 2. The number of alkyl halides is 2. The summed E-state index contributed by atoms with van der Waals surface area (Å²) in [7, 11) is 0. The monoisotopic (exact) mass is 331 g/mol. The Kier molecular flexibility index (Phi) is 4.56. The lowest BCUT2D eigenvalue weighted by atomic mass is 9.88. The van der Waals surface area contributed by atoms with Crippen molar-refractivity contribution >= 4 is 44.9 Å². The molecule has 1 amide bonds. The molecule has 0 aliphatic heterocycles. The number of rotatable bonds is 3. The van der Waals surface area contributed by atoms with E-state index in [4.69, 9.17) is 11.6 Å². The molecule has 0 fully saturated rings. The van der Waals surface area contributed by atoms with E-state index < -0.39 is 15.1 Å². The standard InChI is InChI=1S/C13H15BrClNO2/c1-12(2,3)10(17)13(14,15)11(18)16-9-7-5-4-6-8-9/h4-8H,1-3H3,(H,16,18). The first-order valence-electron chi connectivity index (χ1n) is 5.45. The molecule has 1 aromatic rings. The first kappa shape index (κ1) is 15.2. The smallest absolute Gasteiger partial charge is 0.264 e. The molecule has 1 atom stereocenters. The highest BCUT2D eigenvalue weighted by Gasteiger charge is 2.46. The summed E-state index contributed by atoms with van der Waals surface area (Å²) in [5.74, 6) is -0.972. The molecule has 5 heteroatoms. The molecule has 1 unspecified atom stereocenters. The van der Waals surface area contributed by atoms with Crippen molar-refractivity contribution in [3.63, 3.8) is 0 Å². The minimum Gasteiger partial charge on any atom is -0.323 e. The van der Waals surface area contributed by atoms with Gasteiger partial charge in [-0.05, 0) is 28.1 Å². The lowest BCUT2D eigenvalue weighted by molar-refractivity contribution is -0.131. The van der Waals surface area contributed by atoms with Gasteiger partial charge in [0.2, 0.25) is 3.78 Å². The maximum atomic E-state index is 12.1. The lowest BCUT2D eigenvalue weighted by Crippen LogP contribution is -2.45. The summed E-state index contributed by atoms with van der Waals surface area (Å²) in [6.45, 7) is 5.14. The van der Waals surface area contributed by atoms with Crippen LogP contribution in [-0.4, -0.2) is 15.5 Å². The van der Waals surface area contributed by atoms with Gasteiger partial charge in [-0.15, -0.1) is 0 Å². The summed E-state index contributed by atoms with van der Waals surface area (Å²) in [4.78, 5) is 24.1. The molecule has 18 heavy (non-hydrogen) atoms. The zero-order chi connectivity index (χ0) is 14.0. The van der Waals surface area contributed by atoms with Crippen LogP contribution in [0.3, 0.4) is 0 Å². The Morgan fingerprint density at radius 3 is 2.11 bits per heavy atom. The first-order chi connectivity index (χ1) is 8.15. The van der Waals surface area contributed by atoms with E-state index in [9.17, 15) is 9.59 Å². The minimum atomic E-state index is -1.75. The number of carbonyl (C=O) groups is 2. The molecule has 0 radical (unpaired) electrons. The van der Waals surface area contributed by atoms with Gasteiger partial charge in [-0.2, -0.15) is 0 Å². The maximum Gasteiger partial charge on any atom is 0.264 e. The maximum absolute atomic E-state index is 12.1. The summed E-state index contributed by atoms with van der Waals surface area (Å²) in [5.41, 5.74) is -0.118. The van der Waals surface area contributed by atoms with Gasteiger partial charge in [0.1, 0.15) is 0 Å². The molecule has 1 N–H and O–H groups in total. The number of para-hydroxylation sites is 1. The van der Waals surface area contributed by atoms with Gasteiger partial charge in [-0.25, -0.2) is 0 Å². The summed E-state index contributed by atoms with van der Waals surface area (Å²) in [6, 6.07) is 8.84. The van der Waals surface area contributed by atoms with E-state index in [0.29, 0.717) is 5.69 Å². The fourth-order valence-corrected chi connectivity index (χ4v) is 2.33. The van der Waals surface area contributed by atoms with E-state index in [1.807, 2.05) is 6.07 Å². The van der Waals surface area contributed by atoms with Crippen LogP contribution in [0.25, 0.3) is 0 Å². The zero-order valence-electron chi connectivity index (χ0n) is 10.5. The number of anilines is 1. The van der Waals surface area contributed by atoms with Crippen molar-refractivity contribution < 1.29 is 9.59 Å². The average molecular weight is 333 g/mol. The molecule has 0 heterocycles. The second kappa shape index (κ2) is 5.41. The largest absolute Gasteiger partial charge is 0.323 e. The molecule has 98 valence electrons. The van der Waals surface area contributed by atoms with E-state index in [0.717, 1.165) is 0 Å². The number of hydrogen-bond acceptors (Lipinski definition) is 2. The van der Waals surface area contributed by atoms with Gasteiger partial charge in [0.25, 0.3) is 5.91 Å². The Morgan fingerprint density at radius 1 is 1.17 bits per heavy atom. The fourth-order valence-electron chi connectivity index (χ4n) is 1.31. The highest BCUT2D eigenvalue weighted by atomic mass is 79.9. The molecule has 0 aromatic heterocycles. The molecule has 0 aliphatic carbocycles. The van der Waals surface area contributed by atoms with Crippen molar-refractivity contribution in [1.29, 1.82) is 0 Å². The first-order valence-corrected chi connectivity index (χ1v) is 6.62. The Bertz CT molecular complexity index is 452. The molecule has 1 aromatic carbocycles. The molecular weight excluding hydrogens is 318 g/mol. The van der Waals surface area contributed by atoms with Gasteiger partial charge in [-0.3, -0.25) is 9.59 Å². The van der Waals surface area contributed by atoms with E-state index in [-0.39, 0.29) is 5.78 Å². The lowest BCUT2D eigenvalue weighted by Gasteiger charge is -2.26. The van der Waals surface area contributed by atoms with Crippen molar-refractivity contribution in [3.05, 3.63) is 30.3 Å². The van der Waals surface area contributed by atoms with Crippen molar-refractivity contribution in [1.82, 2.24) is 0 Å². The topological polar surface area (TPSA) is 46.2 Å². The molecule has 0 saturated carbocycles. The van der Waals surface area contributed by atoms with Crippen LogP contribution in [0.5, 0.6) is 0 Å². The molecular formula is C13H15BrClNO2. The number of nitrogens with one attached hydrogen (secondary N) is 1. The number of benzene rings is 1. The van der Waals surface area contributed by atoms with Gasteiger partial charge in [0, 0.05) is 11.1 Å². The Labute approximate surface area is 120 Å². The van der Waals surface area contributed by atoms with Crippen LogP contribution >= 0.6 is 27.5 Å². The third-order valence-electron chi connectivity index (χ3n) is 2.28. The van der Waals surface area contributed by atoms with E-state index in [1.165, 1.54) is 0 Å². The molecule has 0 bridgehead atoms. The second-order valence-electron chi connectivity index (χ2n) is 4.97. The summed E-state index contributed by atoms with van der Waals surface area (Å²) in [5, 5.41) is 2.60. The number of ketones is 1. The minimum absolute atomic E-state index is 0.384. The van der Waals surface area contributed by atoms with Crippen LogP contribution < -0.4 is 5.32 Å². The van der Waals surface area contributed by atoms with Crippen molar-refractivity contribution in [2.45, 2.75) is 24.6 Å². The Balaban J connectivity index is 2.87. The zero-order valence-corrected chi connectivity index (χ0v) is 12.8. The Hall–Kier alpha value is -0.870. The average Bonchev–Trinajstić information content (AvgIpc) is 2.28. The number of Topliss-reactive ketones (excluding diaryl/α,β-unsaturated/α-hetero) is 1. The SMILES string of the molecule is CC(C)(C)C(=O)C(Cl)(Br)C(=O)Nc1ccccc1. The third-order valence-corrected chi connectivity index (χ3v) is 3.35. The Morgan fingerprint density at radius 2 is 1.67 bits per heavy atom. The normalized spacial score (nSPS) is 14.7. The predicted octanol–water partition coefficient (Wildman–Crippen LogP) is 3.57. The summed E-state index contributed by atoms with van der Waals surface area (Å²) < 4.78 is -1.75. The quantitative estimate of drug-likeness (QED) is 0.679. The van der Waals surface area contributed by atoms with Crippen LogP contribution in [0.2, 0.25) is 0 Å². The summed E-state index contributed by atoms with van der Waals surface area (Å²) >= 11 is 9.04. The van der Waals surface area contributed by atoms with Crippen LogP contribution in [0, 0.1) is 5.41 Å². The van der Waals surface area contributed by atoms with E-state index in [2.05, 4.69) is 21.2 Å². The van der Waals surface area contributed by atoms with Crippen molar-refractivity contribution in [2.75, 3.05) is 5.32 Å². The summed E-state index contributed by atoms with van der Waals surface area (Å²) in [6.07, 6.45) is 0. The highest BCUT2D eigenvalue weighted by molar-refractivity contribution is 9.11. The second-order valence-corrected chi connectivity index (χ2v) is 7.19. The van der Waals surface area contributed by atoms with E-state index >= 15 is 0 Å². The molecule has 0 saturated heterocycles. The van der Waals surface area contributed by atoms with Crippen LogP contribution in [-0.2, 0) is 9.59 Å².